The maximum Gasteiger partial charge on any atom is 0.417 e. The van der Waals surface area contributed by atoms with Gasteiger partial charge in [-0.15, -0.1) is 0 Å². The summed E-state index contributed by atoms with van der Waals surface area (Å²) >= 11 is 0. The second-order valence-electron chi connectivity index (χ2n) is 8.24. The van der Waals surface area contributed by atoms with Crippen molar-refractivity contribution in [1.29, 1.82) is 0 Å². The zero-order chi connectivity index (χ0) is 23.4. The number of anilines is 3. The summed E-state index contributed by atoms with van der Waals surface area (Å²) in [5.74, 6) is 0.426. The fourth-order valence-corrected chi connectivity index (χ4v) is 4.07. The Morgan fingerprint density at radius 3 is 2.21 bits per heavy atom. The zero-order valence-electron chi connectivity index (χ0n) is 18.5. The Morgan fingerprint density at radius 2 is 1.64 bits per heavy atom. The molecular formula is C23H28F3N5O2. The lowest BCUT2D eigenvalue weighted by molar-refractivity contribution is -0.137. The Hall–Kier alpha value is -2.85. The summed E-state index contributed by atoms with van der Waals surface area (Å²) in [5.41, 5.74) is 1.10. The van der Waals surface area contributed by atoms with Crippen LogP contribution in [0.25, 0.3) is 0 Å². The van der Waals surface area contributed by atoms with Crippen LogP contribution in [0.3, 0.4) is 0 Å². The average Bonchev–Trinajstić information content (AvgIpc) is 2.84. The van der Waals surface area contributed by atoms with Crippen LogP contribution >= 0.6 is 0 Å². The van der Waals surface area contributed by atoms with E-state index in [1.165, 1.54) is 6.07 Å². The molecule has 0 aliphatic carbocycles. The second kappa shape index (κ2) is 9.96. The number of morpholine rings is 1. The van der Waals surface area contributed by atoms with Gasteiger partial charge in [-0.1, -0.05) is 0 Å². The highest BCUT2D eigenvalue weighted by Crippen LogP contribution is 2.29. The second-order valence-corrected chi connectivity index (χ2v) is 8.24. The minimum atomic E-state index is -4.39. The standard InChI is InChI=1S/C23H28F3N5O2/c1-17(22(32)28-19-3-5-20(6-4-19)30-12-14-33-15-13-30)29-8-10-31(11-9-29)21-7-2-18(16-27-21)23(24,25)26/h2-7,16-17H,8-15H2,1H3,(H,28,32). The summed E-state index contributed by atoms with van der Waals surface area (Å²) in [5, 5.41) is 2.98. The van der Waals surface area contributed by atoms with E-state index in [0.717, 1.165) is 49.9 Å². The zero-order valence-corrected chi connectivity index (χ0v) is 18.5. The van der Waals surface area contributed by atoms with Crippen molar-refractivity contribution in [2.75, 3.05) is 67.6 Å². The first kappa shape index (κ1) is 23.3. The molecule has 1 aromatic carbocycles. The molecule has 0 radical (unpaired) electrons. The van der Waals surface area contributed by atoms with Crippen LogP contribution in [0.4, 0.5) is 30.4 Å². The normalized spacial score (nSPS) is 18.8. The van der Waals surface area contributed by atoms with Crippen LogP contribution in [-0.2, 0) is 15.7 Å². The van der Waals surface area contributed by atoms with Crippen molar-refractivity contribution in [2.45, 2.75) is 19.1 Å². The lowest BCUT2D eigenvalue weighted by atomic mass is 10.2. The number of aromatic nitrogens is 1. The van der Waals surface area contributed by atoms with Crippen molar-refractivity contribution >= 4 is 23.1 Å². The highest BCUT2D eigenvalue weighted by Gasteiger charge is 2.31. The van der Waals surface area contributed by atoms with Crippen LogP contribution < -0.4 is 15.1 Å². The van der Waals surface area contributed by atoms with Crippen LogP contribution in [0.15, 0.2) is 42.6 Å². The van der Waals surface area contributed by atoms with Gasteiger partial charge < -0.3 is 19.9 Å². The molecule has 7 nitrogen and oxygen atoms in total. The number of nitrogens with zero attached hydrogens (tertiary/aromatic N) is 4. The summed E-state index contributed by atoms with van der Waals surface area (Å²) in [7, 11) is 0. The van der Waals surface area contributed by atoms with Gasteiger partial charge in [0.1, 0.15) is 5.82 Å². The van der Waals surface area contributed by atoms with Crippen molar-refractivity contribution in [3.05, 3.63) is 48.2 Å². The number of carbonyl (C=O) groups is 1. The summed E-state index contributed by atoms with van der Waals surface area (Å²) in [6.07, 6.45) is -3.53. The van der Waals surface area contributed by atoms with Crippen LogP contribution in [0.2, 0.25) is 0 Å². The number of ether oxygens (including phenoxy) is 1. The number of amides is 1. The highest BCUT2D eigenvalue weighted by molar-refractivity contribution is 5.94. The van der Waals surface area contributed by atoms with Crippen LogP contribution in [0.1, 0.15) is 12.5 Å². The number of halogens is 3. The van der Waals surface area contributed by atoms with Crippen molar-refractivity contribution in [3.8, 4) is 0 Å². The third kappa shape index (κ3) is 5.75. The average molecular weight is 464 g/mol. The van der Waals surface area contributed by atoms with Gasteiger partial charge >= 0.3 is 6.18 Å². The molecule has 0 spiro atoms. The molecule has 10 heteroatoms. The van der Waals surface area contributed by atoms with Crippen molar-refractivity contribution in [1.82, 2.24) is 9.88 Å². The van der Waals surface area contributed by atoms with E-state index in [4.69, 9.17) is 4.74 Å². The van der Waals surface area contributed by atoms with Crippen molar-refractivity contribution in [2.24, 2.45) is 0 Å². The maximum absolute atomic E-state index is 12.8. The molecule has 33 heavy (non-hydrogen) atoms. The van der Waals surface area contributed by atoms with Gasteiger partial charge in [0, 0.05) is 56.8 Å². The molecule has 0 saturated carbocycles. The lowest BCUT2D eigenvalue weighted by Crippen LogP contribution is -2.53. The van der Waals surface area contributed by atoms with E-state index in [2.05, 4.69) is 20.1 Å². The monoisotopic (exact) mass is 463 g/mol. The minimum absolute atomic E-state index is 0.0878. The summed E-state index contributed by atoms with van der Waals surface area (Å²) in [4.78, 5) is 23.0. The molecule has 4 rings (SSSR count). The van der Waals surface area contributed by atoms with Crippen molar-refractivity contribution < 1.29 is 22.7 Å². The number of rotatable bonds is 5. The molecular weight excluding hydrogens is 435 g/mol. The number of alkyl halides is 3. The van der Waals surface area contributed by atoms with Crippen LogP contribution in [0.5, 0.6) is 0 Å². The SMILES string of the molecule is CC(C(=O)Nc1ccc(N2CCOCC2)cc1)N1CCN(c2ccc(C(F)(F)F)cn2)CC1. The Balaban J connectivity index is 1.27. The highest BCUT2D eigenvalue weighted by atomic mass is 19.4. The Labute approximate surface area is 191 Å². The smallest absolute Gasteiger partial charge is 0.378 e. The first-order valence-corrected chi connectivity index (χ1v) is 11.1. The molecule has 2 aliphatic rings. The van der Waals surface area contributed by atoms with Gasteiger partial charge in [0.2, 0.25) is 5.91 Å². The Kier molecular flexibility index (Phi) is 7.04. The maximum atomic E-state index is 12.8. The molecule has 178 valence electrons. The van der Waals surface area contributed by atoms with E-state index in [1.807, 2.05) is 36.1 Å². The minimum Gasteiger partial charge on any atom is -0.378 e. The predicted octanol–water partition coefficient (Wildman–Crippen LogP) is 3.09. The van der Waals surface area contributed by atoms with Gasteiger partial charge in [0.05, 0.1) is 24.8 Å². The quantitative estimate of drug-likeness (QED) is 0.736. The molecule has 1 aromatic heterocycles. The first-order valence-electron chi connectivity index (χ1n) is 11.1. The third-order valence-electron chi connectivity index (χ3n) is 6.15. The van der Waals surface area contributed by atoms with E-state index in [1.54, 1.807) is 0 Å². The molecule has 1 unspecified atom stereocenters. The van der Waals surface area contributed by atoms with E-state index in [9.17, 15) is 18.0 Å². The molecule has 2 aromatic rings. The summed E-state index contributed by atoms with van der Waals surface area (Å²) < 4.78 is 43.6. The number of carbonyl (C=O) groups excluding carboxylic acids is 1. The molecule has 1 amide bonds. The van der Waals surface area contributed by atoms with Crippen LogP contribution in [0, 0.1) is 0 Å². The third-order valence-corrected chi connectivity index (χ3v) is 6.15. The van der Waals surface area contributed by atoms with E-state index < -0.39 is 11.7 Å². The van der Waals surface area contributed by atoms with Gasteiger partial charge in [0.25, 0.3) is 0 Å². The number of piperazine rings is 1. The van der Waals surface area contributed by atoms with Gasteiger partial charge in [-0.05, 0) is 43.3 Å². The fourth-order valence-electron chi connectivity index (χ4n) is 4.07. The number of hydrogen-bond donors (Lipinski definition) is 1. The summed E-state index contributed by atoms with van der Waals surface area (Å²) in [6.45, 7) is 7.43. The van der Waals surface area contributed by atoms with Gasteiger partial charge in [-0.3, -0.25) is 9.69 Å². The van der Waals surface area contributed by atoms with Gasteiger partial charge in [-0.2, -0.15) is 13.2 Å². The molecule has 2 saturated heterocycles. The van der Waals surface area contributed by atoms with E-state index >= 15 is 0 Å². The van der Waals surface area contributed by atoms with E-state index in [0.29, 0.717) is 32.0 Å². The first-order chi connectivity index (χ1) is 15.8. The molecule has 2 aliphatic heterocycles. The van der Waals surface area contributed by atoms with Gasteiger partial charge in [0.15, 0.2) is 0 Å². The molecule has 1 N–H and O–H groups in total. The number of nitrogens with one attached hydrogen (secondary N) is 1. The van der Waals surface area contributed by atoms with E-state index in [-0.39, 0.29) is 11.9 Å². The lowest BCUT2D eigenvalue weighted by Gasteiger charge is -2.38. The topological polar surface area (TPSA) is 60.9 Å². The van der Waals surface area contributed by atoms with Gasteiger partial charge in [-0.25, -0.2) is 4.98 Å². The van der Waals surface area contributed by atoms with Crippen LogP contribution in [-0.4, -0.2) is 74.3 Å². The molecule has 3 heterocycles. The summed E-state index contributed by atoms with van der Waals surface area (Å²) in [6, 6.07) is 9.94. The Morgan fingerprint density at radius 1 is 0.970 bits per heavy atom. The number of hydrogen-bond acceptors (Lipinski definition) is 6. The molecule has 0 bridgehead atoms. The Bertz CT molecular complexity index is 923. The predicted molar refractivity (Wildman–Crippen MR) is 121 cm³/mol. The molecule has 2 fully saturated rings. The number of benzene rings is 1. The fraction of sp³-hybridized carbons (Fsp3) is 0.478. The molecule has 1 atom stereocenters. The number of pyridine rings is 1. The van der Waals surface area contributed by atoms with Crippen molar-refractivity contribution in [3.63, 3.8) is 0 Å². The largest absolute Gasteiger partial charge is 0.417 e.